The molecule has 1 aromatic heterocycles. The number of Topliss-reactive ketones (excluding diaryl/α,β-unsaturated/α-hetero) is 1. The molecule has 0 saturated carbocycles. The Morgan fingerprint density at radius 1 is 0.975 bits per heavy atom. The third kappa shape index (κ3) is 8.84. The van der Waals surface area contributed by atoms with Gasteiger partial charge in [0.25, 0.3) is 0 Å². The Kier molecular flexibility index (Phi) is 9.82. The standard InChI is InChI=1S/C31H30F3N3O2S/c1-22-8-5-6-11-24(22)19-29(40)20-27(38)13-4-2-3-9-23-10-7-12-25(18-23)30-35-21-37(36-30)26-14-16-28(17-15-26)39-31(32,33)34/h5-8,10-12,14-18,21H,2-4,9,13,19-20H2,1H3. The minimum atomic E-state index is -4.74. The van der Waals surface area contributed by atoms with Gasteiger partial charge in [0.1, 0.15) is 17.9 Å². The molecule has 3 aromatic carbocycles. The molecule has 0 aliphatic rings. The van der Waals surface area contributed by atoms with Crippen molar-refractivity contribution in [3.63, 3.8) is 0 Å². The van der Waals surface area contributed by atoms with E-state index < -0.39 is 6.36 Å². The predicted octanol–water partition coefficient (Wildman–Crippen LogP) is 7.82. The molecule has 9 heteroatoms. The lowest BCUT2D eigenvalue weighted by Gasteiger charge is -2.09. The lowest BCUT2D eigenvalue weighted by molar-refractivity contribution is -0.274. The molecular formula is C31H30F3N3O2S. The first-order valence-electron chi connectivity index (χ1n) is 13.1. The largest absolute Gasteiger partial charge is 0.573 e. The van der Waals surface area contributed by atoms with Crippen molar-refractivity contribution in [2.24, 2.45) is 0 Å². The second kappa shape index (κ2) is 13.5. The van der Waals surface area contributed by atoms with Crippen LogP contribution in [0.2, 0.25) is 0 Å². The Labute approximate surface area is 237 Å². The van der Waals surface area contributed by atoms with Crippen molar-refractivity contribution in [2.45, 2.75) is 58.2 Å². The number of halogens is 3. The van der Waals surface area contributed by atoms with Crippen molar-refractivity contribution in [1.82, 2.24) is 14.8 Å². The van der Waals surface area contributed by atoms with Gasteiger partial charge in [-0.3, -0.25) is 4.79 Å². The highest BCUT2D eigenvalue weighted by molar-refractivity contribution is 7.80. The van der Waals surface area contributed by atoms with Crippen LogP contribution in [-0.4, -0.2) is 31.8 Å². The van der Waals surface area contributed by atoms with E-state index in [0.717, 1.165) is 41.7 Å². The monoisotopic (exact) mass is 565 g/mol. The third-order valence-corrected chi connectivity index (χ3v) is 6.76. The Morgan fingerprint density at radius 2 is 1.75 bits per heavy atom. The molecule has 0 N–H and O–H groups in total. The van der Waals surface area contributed by atoms with Gasteiger partial charge in [0.15, 0.2) is 5.82 Å². The highest BCUT2D eigenvalue weighted by Gasteiger charge is 2.31. The molecule has 1 heterocycles. The van der Waals surface area contributed by atoms with Gasteiger partial charge in [-0.05, 0) is 73.2 Å². The smallest absolute Gasteiger partial charge is 0.406 e. The Balaban J connectivity index is 1.22. The number of thiocarbonyl (C=S) groups is 1. The zero-order valence-electron chi connectivity index (χ0n) is 22.2. The minimum absolute atomic E-state index is 0.199. The Morgan fingerprint density at radius 3 is 2.50 bits per heavy atom. The number of nitrogens with zero attached hydrogens (tertiary/aromatic N) is 3. The van der Waals surface area contributed by atoms with E-state index in [4.69, 9.17) is 12.2 Å². The van der Waals surface area contributed by atoms with Gasteiger partial charge >= 0.3 is 6.36 Å². The summed E-state index contributed by atoms with van der Waals surface area (Å²) in [5.41, 5.74) is 4.94. The van der Waals surface area contributed by atoms with Crippen LogP contribution in [0.25, 0.3) is 17.1 Å². The highest BCUT2D eigenvalue weighted by atomic mass is 32.1. The third-order valence-electron chi connectivity index (χ3n) is 6.48. The number of ketones is 1. The zero-order valence-corrected chi connectivity index (χ0v) is 23.0. The second-order valence-corrected chi connectivity index (χ2v) is 10.3. The summed E-state index contributed by atoms with van der Waals surface area (Å²) in [7, 11) is 0. The maximum absolute atomic E-state index is 12.4. The van der Waals surface area contributed by atoms with Gasteiger partial charge in [-0.25, -0.2) is 9.67 Å². The van der Waals surface area contributed by atoms with E-state index >= 15 is 0 Å². The fourth-order valence-electron chi connectivity index (χ4n) is 4.41. The summed E-state index contributed by atoms with van der Waals surface area (Å²) in [6, 6.07) is 21.5. The van der Waals surface area contributed by atoms with Crippen LogP contribution in [0.1, 0.15) is 48.8 Å². The second-order valence-electron chi connectivity index (χ2n) is 9.67. The van der Waals surface area contributed by atoms with Gasteiger partial charge in [-0.15, -0.1) is 18.3 Å². The van der Waals surface area contributed by atoms with Crippen LogP contribution < -0.4 is 4.74 Å². The SMILES string of the molecule is Cc1ccccc1CC(=S)CC(=O)CCCCCc1cccc(-c2ncn(-c3ccc(OC(F)(F)F)cc3)n2)c1. The summed E-state index contributed by atoms with van der Waals surface area (Å²) < 4.78 is 42.6. The average molecular weight is 566 g/mol. The zero-order chi connectivity index (χ0) is 28.5. The number of hydrogen-bond donors (Lipinski definition) is 0. The summed E-state index contributed by atoms with van der Waals surface area (Å²) in [5, 5.41) is 4.47. The van der Waals surface area contributed by atoms with E-state index in [1.807, 2.05) is 30.3 Å². The summed E-state index contributed by atoms with van der Waals surface area (Å²) in [6.45, 7) is 2.06. The van der Waals surface area contributed by atoms with Crippen LogP contribution in [0.15, 0.2) is 79.1 Å². The van der Waals surface area contributed by atoms with Gasteiger partial charge in [0.2, 0.25) is 0 Å². The topological polar surface area (TPSA) is 57.0 Å². The van der Waals surface area contributed by atoms with Gasteiger partial charge in [-0.2, -0.15) is 0 Å². The molecule has 5 nitrogen and oxygen atoms in total. The molecule has 0 bridgehead atoms. The number of carbonyl (C=O) groups is 1. The van der Waals surface area contributed by atoms with Gasteiger partial charge in [0.05, 0.1) is 5.69 Å². The van der Waals surface area contributed by atoms with E-state index in [0.29, 0.717) is 30.8 Å². The summed E-state index contributed by atoms with van der Waals surface area (Å²) in [4.78, 5) is 17.5. The fourth-order valence-corrected chi connectivity index (χ4v) is 4.72. The number of carbonyl (C=O) groups excluding carboxylic acids is 1. The number of aryl methyl sites for hydroxylation is 2. The normalized spacial score (nSPS) is 11.4. The van der Waals surface area contributed by atoms with Crippen LogP contribution in [0.5, 0.6) is 5.75 Å². The molecule has 40 heavy (non-hydrogen) atoms. The van der Waals surface area contributed by atoms with Crippen LogP contribution in [0, 0.1) is 6.92 Å². The first-order valence-corrected chi connectivity index (χ1v) is 13.5. The first kappa shape index (κ1) is 29.1. The molecule has 0 amide bonds. The molecule has 0 aliphatic heterocycles. The van der Waals surface area contributed by atoms with Crippen LogP contribution in [0.3, 0.4) is 0 Å². The van der Waals surface area contributed by atoms with Crippen LogP contribution >= 0.6 is 12.2 Å². The highest BCUT2D eigenvalue weighted by Crippen LogP contribution is 2.24. The van der Waals surface area contributed by atoms with Crippen molar-refractivity contribution in [2.75, 3.05) is 0 Å². The van der Waals surface area contributed by atoms with E-state index in [2.05, 4.69) is 39.9 Å². The fraction of sp³-hybridized carbons (Fsp3) is 0.290. The van der Waals surface area contributed by atoms with Gasteiger partial charge < -0.3 is 4.74 Å². The number of alkyl halides is 3. The molecule has 0 radical (unpaired) electrons. The van der Waals surface area contributed by atoms with Gasteiger partial charge in [0, 0.05) is 29.7 Å². The number of unbranched alkanes of at least 4 members (excludes halogenated alkanes) is 2. The van der Waals surface area contributed by atoms with E-state index in [9.17, 15) is 18.0 Å². The van der Waals surface area contributed by atoms with E-state index in [1.165, 1.54) is 46.4 Å². The molecule has 0 saturated heterocycles. The van der Waals surface area contributed by atoms with Crippen molar-refractivity contribution < 1.29 is 22.7 Å². The Bertz CT molecular complexity index is 1450. The number of ether oxygens (including phenoxy) is 1. The number of hydrogen-bond acceptors (Lipinski definition) is 5. The summed E-state index contributed by atoms with van der Waals surface area (Å²) in [6.07, 6.45) is 1.96. The molecule has 0 aliphatic carbocycles. The molecular weight excluding hydrogens is 535 g/mol. The maximum atomic E-state index is 12.4. The molecule has 0 fully saturated rings. The predicted molar refractivity (Wildman–Crippen MR) is 153 cm³/mol. The molecule has 4 aromatic rings. The lowest BCUT2D eigenvalue weighted by atomic mass is 9.99. The van der Waals surface area contributed by atoms with E-state index in [-0.39, 0.29) is 11.5 Å². The number of rotatable bonds is 13. The summed E-state index contributed by atoms with van der Waals surface area (Å²) >= 11 is 5.47. The average Bonchev–Trinajstić information content (AvgIpc) is 3.40. The van der Waals surface area contributed by atoms with Crippen molar-refractivity contribution in [1.29, 1.82) is 0 Å². The number of aromatic nitrogens is 3. The summed E-state index contributed by atoms with van der Waals surface area (Å²) in [5.74, 6) is 0.421. The van der Waals surface area contributed by atoms with E-state index in [1.54, 1.807) is 0 Å². The van der Waals surface area contributed by atoms with Crippen molar-refractivity contribution in [3.8, 4) is 22.8 Å². The number of benzene rings is 3. The van der Waals surface area contributed by atoms with Crippen molar-refractivity contribution in [3.05, 3.63) is 95.8 Å². The van der Waals surface area contributed by atoms with Crippen LogP contribution in [0.4, 0.5) is 13.2 Å². The molecule has 0 spiro atoms. The Hall–Kier alpha value is -3.85. The van der Waals surface area contributed by atoms with Gasteiger partial charge in [-0.1, -0.05) is 61.1 Å². The first-order chi connectivity index (χ1) is 19.2. The minimum Gasteiger partial charge on any atom is -0.406 e. The quantitative estimate of drug-likeness (QED) is 0.122. The molecule has 0 atom stereocenters. The maximum Gasteiger partial charge on any atom is 0.573 e. The van der Waals surface area contributed by atoms with Crippen LogP contribution in [-0.2, 0) is 17.6 Å². The lowest BCUT2D eigenvalue weighted by Crippen LogP contribution is -2.17. The molecule has 4 rings (SSSR count). The molecule has 0 unspecified atom stereocenters. The molecule has 208 valence electrons. The van der Waals surface area contributed by atoms with Crippen molar-refractivity contribution >= 4 is 22.9 Å².